The lowest BCUT2D eigenvalue weighted by atomic mass is 10.1. The Morgan fingerprint density at radius 3 is 2.67 bits per heavy atom. The molecule has 0 bridgehead atoms. The molecule has 0 saturated carbocycles. The third kappa shape index (κ3) is 3.91. The molecular formula is C17H14Cl2N2O3. The van der Waals surface area contributed by atoms with Gasteiger partial charge in [-0.25, -0.2) is 0 Å². The van der Waals surface area contributed by atoms with Crippen molar-refractivity contribution in [1.29, 1.82) is 5.26 Å². The third-order valence-corrected chi connectivity index (χ3v) is 3.68. The van der Waals surface area contributed by atoms with Crippen molar-refractivity contribution in [2.24, 2.45) is 0 Å². The van der Waals surface area contributed by atoms with E-state index in [1.807, 2.05) is 6.07 Å². The molecule has 1 amide bonds. The molecule has 0 aromatic heterocycles. The highest BCUT2D eigenvalue weighted by Crippen LogP contribution is 2.34. The number of ether oxygens (including phenoxy) is 2. The Hall–Kier alpha value is -2.42. The van der Waals surface area contributed by atoms with Gasteiger partial charge in [0.15, 0.2) is 11.5 Å². The summed E-state index contributed by atoms with van der Waals surface area (Å²) in [7, 11) is 1.44. The number of methoxy groups -OCH3 is 1. The lowest BCUT2D eigenvalue weighted by Crippen LogP contribution is -2.15. The van der Waals surface area contributed by atoms with Gasteiger partial charge in [0.25, 0.3) is 5.91 Å². The Bertz CT molecular complexity index is 816. The number of amides is 1. The lowest BCUT2D eigenvalue weighted by molar-refractivity contribution is 0.102. The van der Waals surface area contributed by atoms with Crippen LogP contribution in [0.15, 0.2) is 30.3 Å². The molecule has 0 aliphatic heterocycles. The summed E-state index contributed by atoms with van der Waals surface area (Å²) >= 11 is 12.0. The van der Waals surface area contributed by atoms with Crippen LogP contribution in [-0.4, -0.2) is 19.6 Å². The van der Waals surface area contributed by atoms with Crippen molar-refractivity contribution in [3.05, 3.63) is 51.5 Å². The predicted molar refractivity (Wildman–Crippen MR) is 93.3 cm³/mol. The first kappa shape index (κ1) is 17.9. The van der Waals surface area contributed by atoms with Crippen molar-refractivity contribution in [3.8, 4) is 17.6 Å². The second-order valence-electron chi connectivity index (χ2n) is 4.68. The first-order valence-corrected chi connectivity index (χ1v) is 7.77. The minimum Gasteiger partial charge on any atom is -0.493 e. The fraction of sp³-hybridized carbons (Fsp3) is 0.176. The molecule has 0 aliphatic rings. The van der Waals surface area contributed by atoms with Crippen LogP contribution in [0.2, 0.25) is 10.0 Å². The molecule has 2 aromatic carbocycles. The number of carbonyl (C=O) groups is 1. The van der Waals surface area contributed by atoms with Crippen LogP contribution in [0.4, 0.5) is 5.69 Å². The summed E-state index contributed by atoms with van der Waals surface area (Å²) in [6.07, 6.45) is 0. The molecule has 124 valence electrons. The van der Waals surface area contributed by atoms with E-state index in [-0.39, 0.29) is 16.9 Å². The maximum Gasteiger partial charge on any atom is 0.259 e. The summed E-state index contributed by atoms with van der Waals surface area (Å²) in [5.74, 6) is 0.0749. The molecule has 0 spiro atoms. The van der Waals surface area contributed by atoms with Gasteiger partial charge in [-0.3, -0.25) is 4.79 Å². The Morgan fingerprint density at radius 2 is 2.04 bits per heavy atom. The smallest absolute Gasteiger partial charge is 0.259 e. The Balaban J connectivity index is 2.47. The molecule has 0 unspecified atom stereocenters. The van der Waals surface area contributed by atoms with E-state index in [1.54, 1.807) is 19.1 Å². The third-order valence-electron chi connectivity index (χ3n) is 3.11. The average Bonchev–Trinajstić information content (AvgIpc) is 2.58. The molecule has 2 aromatic rings. The van der Waals surface area contributed by atoms with Crippen LogP contribution < -0.4 is 14.8 Å². The van der Waals surface area contributed by atoms with Crippen molar-refractivity contribution >= 4 is 34.8 Å². The number of benzene rings is 2. The second kappa shape index (κ2) is 7.91. The van der Waals surface area contributed by atoms with E-state index >= 15 is 0 Å². The Labute approximate surface area is 149 Å². The number of hydrogen-bond donors (Lipinski definition) is 1. The Morgan fingerprint density at radius 1 is 1.29 bits per heavy atom. The molecule has 0 radical (unpaired) electrons. The van der Waals surface area contributed by atoms with E-state index in [2.05, 4.69) is 5.32 Å². The number of halogens is 2. The van der Waals surface area contributed by atoms with E-state index in [0.29, 0.717) is 28.1 Å². The normalized spacial score (nSPS) is 9.96. The average molecular weight is 365 g/mol. The van der Waals surface area contributed by atoms with Gasteiger partial charge in [0.2, 0.25) is 0 Å². The van der Waals surface area contributed by atoms with Crippen LogP contribution in [0.25, 0.3) is 0 Å². The van der Waals surface area contributed by atoms with Gasteiger partial charge in [-0.1, -0.05) is 23.2 Å². The van der Waals surface area contributed by atoms with Crippen LogP contribution >= 0.6 is 23.2 Å². The van der Waals surface area contributed by atoms with Crippen molar-refractivity contribution in [2.45, 2.75) is 6.92 Å². The fourth-order valence-corrected chi connectivity index (χ4v) is 2.40. The number of nitriles is 1. The monoisotopic (exact) mass is 364 g/mol. The number of rotatable bonds is 5. The first-order valence-electron chi connectivity index (χ1n) is 7.01. The van der Waals surface area contributed by atoms with Gasteiger partial charge in [-0.2, -0.15) is 5.26 Å². The zero-order chi connectivity index (χ0) is 17.7. The first-order chi connectivity index (χ1) is 11.5. The standard InChI is InChI=1S/C17H14Cl2N2O3/c1-3-24-16-12(6-10(9-20)7-15(16)23-2)17(22)21-14-8-11(18)4-5-13(14)19/h4-8H,3H2,1-2H3,(H,21,22). The topological polar surface area (TPSA) is 71.3 Å². The molecule has 2 rings (SSSR count). The molecular weight excluding hydrogens is 351 g/mol. The summed E-state index contributed by atoms with van der Waals surface area (Å²) in [6.45, 7) is 2.12. The van der Waals surface area contributed by atoms with Crippen molar-refractivity contribution in [3.63, 3.8) is 0 Å². The van der Waals surface area contributed by atoms with Gasteiger partial charge >= 0.3 is 0 Å². The minimum absolute atomic E-state index is 0.170. The molecule has 24 heavy (non-hydrogen) atoms. The largest absolute Gasteiger partial charge is 0.493 e. The van der Waals surface area contributed by atoms with Crippen LogP contribution in [-0.2, 0) is 0 Å². The highest BCUT2D eigenvalue weighted by Gasteiger charge is 2.20. The predicted octanol–water partition coefficient (Wildman–Crippen LogP) is 4.52. The van der Waals surface area contributed by atoms with Crippen molar-refractivity contribution in [2.75, 3.05) is 19.0 Å². The Kier molecular flexibility index (Phi) is 5.91. The van der Waals surface area contributed by atoms with Gasteiger partial charge in [0.05, 0.1) is 41.6 Å². The molecule has 0 atom stereocenters. The van der Waals surface area contributed by atoms with E-state index in [4.69, 9.17) is 37.9 Å². The zero-order valence-electron chi connectivity index (χ0n) is 13.0. The summed E-state index contributed by atoms with van der Waals surface area (Å²) in [5, 5.41) is 12.6. The SMILES string of the molecule is CCOc1c(OC)cc(C#N)cc1C(=O)Nc1cc(Cl)ccc1Cl. The van der Waals surface area contributed by atoms with Gasteiger partial charge in [-0.15, -0.1) is 0 Å². The maximum atomic E-state index is 12.7. The van der Waals surface area contributed by atoms with Crippen molar-refractivity contribution in [1.82, 2.24) is 0 Å². The minimum atomic E-state index is -0.488. The number of nitrogens with zero attached hydrogens (tertiary/aromatic N) is 1. The van der Waals surface area contributed by atoms with Gasteiger partial charge < -0.3 is 14.8 Å². The molecule has 0 aliphatic carbocycles. The summed E-state index contributed by atoms with van der Waals surface area (Å²) < 4.78 is 10.7. The summed E-state index contributed by atoms with van der Waals surface area (Å²) in [5.41, 5.74) is 0.805. The van der Waals surface area contributed by atoms with E-state index in [0.717, 1.165) is 0 Å². The van der Waals surface area contributed by atoms with Crippen LogP contribution in [0.5, 0.6) is 11.5 Å². The molecule has 1 N–H and O–H groups in total. The number of hydrogen-bond acceptors (Lipinski definition) is 4. The summed E-state index contributed by atoms with van der Waals surface area (Å²) in [4.78, 5) is 12.7. The maximum absolute atomic E-state index is 12.7. The van der Waals surface area contributed by atoms with Crippen LogP contribution in [0.1, 0.15) is 22.8 Å². The molecule has 0 fully saturated rings. The fourth-order valence-electron chi connectivity index (χ4n) is 2.06. The molecule has 0 saturated heterocycles. The van der Waals surface area contributed by atoms with E-state index < -0.39 is 5.91 Å². The number of nitrogens with one attached hydrogen (secondary N) is 1. The van der Waals surface area contributed by atoms with Crippen LogP contribution in [0, 0.1) is 11.3 Å². The number of anilines is 1. The lowest BCUT2D eigenvalue weighted by Gasteiger charge is -2.15. The van der Waals surface area contributed by atoms with E-state index in [9.17, 15) is 4.79 Å². The highest BCUT2D eigenvalue weighted by atomic mass is 35.5. The number of carbonyl (C=O) groups excluding carboxylic acids is 1. The van der Waals surface area contributed by atoms with Crippen LogP contribution in [0.3, 0.4) is 0 Å². The zero-order valence-corrected chi connectivity index (χ0v) is 14.5. The molecule has 0 heterocycles. The summed E-state index contributed by atoms with van der Waals surface area (Å²) in [6, 6.07) is 9.66. The van der Waals surface area contributed by atoms with Gasteiger partial charge in [0.1, 0.15) is 0 Å². The van der Waals surface area contributed by atoms with Crippen molar-refractivity contribution < 1.29 is 14.3 Å². The molecule has 5 nitrogen and oxygen atoms in total. The van der Waals surface area contributed by atoms with E-state index in [1.165, 1.54) is 25.3 Å². The van der Waals surface area contributed by atoms with Gasteiger partial charge in [-0.05, 0) is 31.2 Å². The van der Waals surface area contributed by atoms with Gasteiger partial charge in [0, 0.05) is 11.1 Å². The molecule has 7 heteroatoms. The highest BCUT2D eigenvalue weighted by molar-refractivity contribution is 6.36. The quantitative estimate of drug-likeness (QED) is 0.845. The second-order valence-corrected chi connectivity index (χ2v) is 5.52.